The number of carbonyl (C=O) groups is 1. The highest BCUT2D eigenvalue weighted by molar-refractivity contribution is 14.1. The number of amides is 1. The summed E-state index contributed by atoms with van der Waals surface area (Å²) in [6.07, 6.45) is 0. The lowest BCUT2D eigenvalue weighted by molar-refractivity contribution is 0.0999. The summed E-state index contributed by atoms with van der Waals surface area (Å²) in [6.45, 7) is 0. The van der Waals surface area contributed by atoms with Crippen LogP contribution in [0.25, 0.3) is 0 Å². The molecule has 0 heterocycles. The molecule has 0 atom stereocenters. The highest BCUT2D eigenvalue weighted by Crippen LogP contribution is 2.21. The van der Waals surface area contributed by atoms with Gasteiger partial charge in [0.15, 0.2) is 0 Å². The maximum atomic E-state index is 12.9. The number of nitrogens with two attached hydrogens (primary N) is 1. The van der Waals surface area contributed by atoms with Crippen molar-refractivity contribution in [1.82, 2.24) is 0 Å². The van der Waals surface area contributed by atoms with Gasteiger partial charge in [0, 0.05) is 3.57 Å². The minimum absolute atomic E-state index is 0.205. The van der Waals surface area contributed by atoms with Crippen LogP contribution in [0.3, 0.4) is 0 Å². The van der Waals surface area contributed by atoms with Crippen LogP contribution in [-0.4, -0.2) is 5.91 Å². The molecule has 0 aliphatic rings. The molecular formula is C7H4BrFINO. The molecule has 0 saturated heterocycles. The lowest BCUT2D eigenvalue weighted by Gasteiger charge is -2.01. The molecule has 0 aliphatic heterocycles. The maximum Gasteiger partial charge on any atom is 0.249 e. The topological polar surface area (TPSA) is 43.1 Å². The first-order valence-corrected chi connectivity index (χ1v) is 4.84. The van der Waals surface area contributed by atoms with Crippen LogP contribution in [0.15, 0.2) is 16.6 Å². The second-order valence-corrected chi connectivity index (χ2v) is 4.13. The second-order valence-electron chi connectivity index (χ2n) is 2.11. The molecule has 1 aromatic rings. The summed E-state index contributed by atoms with van der Waals surface area (Å²) in [6, 6.07) is 2.63. The van der Waals surface area contributed by atoms with E-state index in [1.165, 1.54) is 6.07 Å². The predicted molar refractivity (Wildman–Crippen MR) is 55.3 cm³/mol. The van der Waals surface area contributed by atoms with Gasteiger partial charge in [0.05, 0.1) is 10.0 Å². The normalized spacial score (nSPS) is 9.92. The van der Waals surface area contributed by atoms with Crippen molar-refractivity contribution >= 4 is 44.4 Å². The minimum atomic E-state index is -0.620. The van der Waals surface area contributed by atoms with E-state index in [-0.39, 0.29) is 5.56 Å². The SMILES string of the molecule is NC(=O)c1cc(F)c(Br)cc1I. The zero-order valence-electron chi connectivity index (χ0n) is 5.77. The maximum absolute atomic E-state index is 12.9. The van der Waals surface area contributed by atoms with Crippen LogP contribution < -0.4 is 5.73 Å². The second kappa shape index (κ2) is 3.69. The summed E-state index contributed by atoms with van der Waals surface area (Å²) < 4.78 is 13.8. The van der Waals surface area contributed by atoms with E-state index < -0.39 is 11.7 Å². The van der Waals surface area contributed by atoms with Crippen LogP contribution in [0.1, 0.15) is 10.4 Å². The molecule has 1 rings (SSSR count). The number of benzene rings is 1. The van der Waals surface area contributed by atoms with E-state index in [2.05, 4.69) is 15.9 Å². The van der Waals surface area contributed by atoms with Crippen LogP contribution in [-0.2, 0) is 0 Å². The van der Waals surface area contributed by atoms with Crippen LogP contribution in [0.5, 0.6) is 0 Å². The molecule has 0 spiro atoms. The molecule has 0 fully saturated rings. The molecule has 0 radical (unpaired) electrons. The van der Waals surface area contributed by atoms with Gasteiger partial charge in [-0.25, -0.2) is 4.39 Å². The Kier molecular flexibility index (Phi) is 3.05. The Morgan fingerprint density at radius 3 is 2.67 bits per heavy atom. The average Bonchev–Trinajstić information content (AvgIpc) is 1.96. The van der Waals surface area contributed by atoms with E-state index in [0.717, 1.165) is 6.07 Å². The van der Waals surface area contributed by atoms with Gasteiger partial charge < -0.3 is 5.73 Å². The fraction of sp³-hybridized carbons (Fsp3) is 0. The van der Waals surface area contributed by atoms with Crippen LogP contribution in [0.4, 0.5) is 4.39 Å². The largest absolute Gasteiger partial charge is 0.366 e. The van der Waals surface area contributed by atoms with Crippen molar-refractivity contribution in [3.63, 3.8) is 0 Å². The van der Waals surface area contributed by atoms with Gasteiger partial charge in [-0.15, -0.1) is 0 Å². The first-order valence-electron chi connectivity index (χ1n) is 2.96. The molecule has 0 aromatic heterocycles. The molecule has 0 bridgehead atoms. The number of rotatable bonds is 1. The predicted octanol–water partition coefficient (Wildman–Crippen LogP) is 2.29. The smallest absolute Gasteiger partial charge is 0.249 e. The Balaban J connectivity index is 3.33. The molecule has 1 amide bonds. The first kappa shape index (κ1) is 9.91. The van der Waals surface area contributed by atoms with E-state index in [4.69, 9.17) is 5.73 Å². The van der Waals surface area contributed by atoms with Gasteiger partial charge in [-0.05, 0) is 50.7 Å². The highest BCUT2D eigenvalue weighted by Gasteiger charge is 2.09. The summed E-state index contributed by atoms with van der Waals surface area (Å²) in [4.78, 5) is 10.7. The zero-order valence-corrected chi connectivity index (χ0v) is 9.52. The van der Waals surface area contributed by atoms with Crippen LogP contribution in [0.2, 0.25) is 0 Å². The van der Waals surface area contributed by atoms with E-state index >= 15 is 0 Å². The number of carbonyl (C=O) groups excluding carboxylic acids is 1. The fourth-order valence-corrected chi connectivity index (χ4v) is 2.22. The molecule has 0 saturated carbocycles. The van der Waals surface area contributed by atoms with Crippen LogP contribution >= 0.6 is 38.5 Å². The van der Waals surface area contributed by atoms with E-state index in [9.17, 15) is 9.18 Å². The average molecular weight is 344 g/mol. The molecule has 2 nitrogen and oxygen atoms in total. The number of halogens is 3. The van der Waals surface area contributed by atoms with Crippen molar-refractivity contribution in [1.29, 1.82) is 0 Å². The van der Waals surface area contributed by atoms with Crippen molar-refractivity contribution in [2.75, 3.05) is 0 Å². The Labute approximate surface area is 90.6 Å². The third-order valence-corrected chi connectivity index (χ3v) is 2.78. The van der Waals surface area contributed by atoms with Gasteiger partial charge in [0.25, 0.3) is 0 Å². The molecule has 12 heavy (non-hydrogen) atoms. The molecule has 0 unspecified atom stereocenters. The quantitative estimate of drug-likeness (QED) is 0.617. The number of hydrogen-bond acceptors (Lipinski definition) is 1. The summed E-state index contributed by atoms with van der Waals surface area (Å²) in [7, 11) is 0. The Morgan fingerprint density at radius 1 is 1.58 bits per heavy atom. The summed E-state index contributed by atoms with van der Waals surface area (Å²) >= 11 is 4.92. The van der Waals surface area contributed by atoms with E-state index in [1.54, 1.807) is 0 Å². The van der Waals surface area contributed by atoms with Gasteiger partial charge >= 0.3 is 0 Å². The van der Waals surface area contributed by atoms with Gasteiger partial charge in [-0.1, -0.05) is 0 Å². The summed E-state index contributed by atoms with van der Waals surface area (Å²) in [5.41, 5.74) is 5.21. The third kappa shape index (κ3) is 1.95. The Morgan fingerprint density at radius 2 is 2.17 bits per heavy atom. The Hall–Kier alpha value is -0.170. The molecule has 64 valence electrons. The standard InChI is InChI=1S/C7H4BrFINO/c8-4-2-6(10)3(7(11)12)1-5(4)9/h1-2H,(H2,11,12). The molecule has 5 heteroatoms. The van der Waals surface area contributed by atoms with Crippen molar-refractivity contribution in [2.24, 2.45) is 5.73 Å². The lowest BCUT2D eigenvalue weighted by atomic mass is 10.2. The van der Waals surface area contributed by atoms with Crippen molar-refractivity contribution in [2.45, 2.75) is 0 Å². The summed E-state index contributed by atoms with van der Waals surface area (Å²) in [5.74, 6) is -1.10. The van der Waals surface area contributed by atoms with Gasteiger partial charge in [-0.2, -0.15) is 0 Å². The minimum Gasteiger partial charge on any atom is -0.366 e. The van der Waals surface area contributed by atoms with Gasteiger partial charge in [0.2, 0.25) is 5.91 Å². The summed E-state index contributed by atoms with van der Waals surface area (Å²) in [5, 5.41) is 0. The Bertz CT molecular complexity index is 342. The van der Waals surface area contributed by atoms with Gasteiger partial charge in [0.1, 0.15) is 5.82 Å². The van der Waals surface area contributed by atoms with Crippen molar-refractivity contribution < 1.29 is 9.18 Å². The monoisotopic (exact) mass is 343 g/mol. The van der Waals surface area contributed by atoms with Gasteiger partial charge in [-0.3, -0.25) is 4.79 Å². The molecule has 1 aromatic carbocycles. The highest BCUT2D eigenvalue weighted by atomic mass is 127. The lowest BCUT2D eigenvalue weighted by Crippen LogP contribution is -2.13. The zero-order chi connectivity index (χ0) is 9.30. The third-order valence-electron chi connectivity index (χ3n) is 1.28. The first-order chi connectivity index (χ1) is 5.52. The molecule has 2 N–H and O–H groups in total. The fourth-order valence-electron chi connectivity index (χ4n) is 0.711. The number of hydrogen-bond donors (Lipinski definition) is 1. The van der Waals surface area contributed by atoms with Crippen molar-refractivity contribution in [3.05, 3.63) is 31.6 Å². The molecule has 0 aliphatic carbocycles. The number of primary amides is 1. The van der Waals surface area contributed by atoms with E-state index in [1.807, 2.05) is 22.6 Å². The van der Waals surface area contributed by atoms with Crippen molar-refractivity contribution in [3.8, 4) is 0 Å². The van der Waals surface area contributed by atoms with E-state index in [0.29, 0.717) is 8.04 Å². The molecular weight excluding hydrogens is 340 g/mol. The van der Waals surface area contributed by atoms with Crippen LogP contribution in [0, 0.1) is 9.39 Å².